The Morgan fingerprint density at radius 3 is 2.77 bits per heavy atom. The van der Waals surface area contributed by atoms with E-state index < -0.39 is 0 Å². The van der Waals surface area contributed by atoms with E-state index in [-0.39, 0.29) is 0 Å². The van der Waals surface area contributed by atoms with E-state index in [4.69, 9.17) is 16.1 Å². The quantitative estimate of drug-likeness (QED) is 0.778. The number of hydrogen-bond acceptors (Lipinski definition) is 2. The first kappa shape index (κ1) is 8.78. The van der Waals surface area contributed by atoms with Gasteiger partial charge >= 0.3 is 0 Å². The van der Waals surface area contributed by atoms with Crippen molar-refractivity contribution in [2.45, 2.75) is 0 Å². The number of rotatable bonds is 1. The topological polar surface area (TPSA) is 26.0 Å². The zero-order chi connectivity index (χ0) is 9.26. The fourth-order valence-corrected chi connectivity index (χ4v) is 1.52. The first-order valence-electron chi connectivity index (χ1n) is 3.64. The van der Waals surface area contributed by atoms with E-state index in [1.165, 1.54) is 0 Å². The highest BCUT2D eigenvalue weighted by molar-refractivity contribution is 9.10. The molecule has 0 aliphatic carbocycles. The second kappa shape index (κ2) is 3.52. The monoisotopic (exact) mass is 257 g/mol. The molecule has 1 heterocycles. The van der Waals surface area contributed by atoms with Gasteiger partial charge in [-0.2, -0.15) is 0 Å². The summed E-state index contributed by atoms with van der Waals surface area (Å²) in [5, 5.41) is 4.54. The lowest BCUT2D eigenvalue weighted by molar-refractivity contribution is 0.402. The zero-order valence-electron chi connectivity index (χ0n) is 6.50. The van der Waals surface area contributed by atoms with E-state index in [0.29, 0.717) is 9.69 Å². The minimum atomic E-state index is 0.613. The van der Waals surface area contributed by atoms with E-state index in [1.54, 1.807) is 6.07 Å². The predicted octanol–water partition coefficient (Wildman–Crippen LogP) is 3.76. The molecule has 0 amide bonds. The summed E-state index contributed by atoms with van der Waals surface area (Å²) in [7, 11) is 0. The summed E-state index contributed by atoms with van der Waals surface area (Å²) < 4.78 is 5.50. The van der Waals surface area contributed by atoms with E-state index in [2.05, 4.69) is 21.1 Å². The smallest absolute Gasteiger partial charge is 0.202 e. The molecule has 2 aromatic rings. The zero-order valence-corrected chi connectivity index (χ0v) is 8.84. The van der Waals surface area contributed by atoms with Crippen LogP contribution in [-0.2, 0) is 0 Å². The largest absolute Gasteiger partial charge is 0.349 e. The van der Waals surface area contributed by atoms with Crippen LogP contribution in [0.1, 0.15) is 0 Å². The number of aromatic nitrogens is 1. The molecule has 0 aliphatic rings. The number of benzene rings is 1. The van der Waals surface area contributed by atoms with Gasteiger partial charge in [0.25, 0.3) is 0 Å². The van der Waals surface area contributed by atoms with Gasteiger partial charge in [-0.15, -0.1) is 0 Å². The molecule has 0 unspecified atom stereocenters. The van der Waals surface area contributed by atoms with E-state index in [0.717, 1.165) is 11.3 Å². The average Bonchev–Trinajstić information content (AvgIpc) is 2.52. The standard InChI is InChI=1S/C9H5BrClNO/c10-9-5-8(12-13-9)6-2-1-3-7(11)4-6/h1-5H. The Kier molecular flexibility index (Phi) is 2.38. The maximum atomic E-state index is 5.83. The Hall–Kier alpha value is -0.800. The third kappa shape index (κ3) is 1.92. The van der Waals surface area contributed by atoms with Crippen LogP contribution < -0.4 is 0 Å². The van der Waals surface area contributed by atoms with Gasteiger partial charge < -0.3 is 4.52 Å². The van der Waals surface area contributed by atoms with Crippen molar-refractivity contribution < 1.29 is 4.52 Å². The fraction of sp³-hybridized carbons (Fsp3) is 0. The Morgan fingerprint density at radius 1 is 1.31 bits per heavy atom. The lowest BCUT2D eigenvalue weighted by Gasteiger charge is -1.94. The van der Waals surface area contributed by atoms with Crippen LogP contribution in [0.4, 0.5) is 0 Å². The van der Waals surface area contributed by atoms with Gasteiger partial charge in [0.05, 0.1) is 0 Å². The molecule has 2 nitrogen and oxygen atoms in total. The summed E-state index contributed by atoms with van der Waals surface area (Å²) in [6.07, 6.45) is 0. The summed E-state index contributed by atoms with van der Waals surface area (Å²) in [6, 6.07) is 9.26. The van der Waals surface area contributed by atoms with Gasteiger partial charge in [-0.05, 0) is 28.1 Å². The van der Waals surface area contributed by atoms with Crippen molar-refractivity contribution >= 4 is 27.5 Å². The second-order valence-corrected chi connectivity index (χ2v) is 3.74. The van der Waals surface area contributed by atoms with Gasteiger partial charge in [-0.25, -0.2) is 0 Å². The predicted molar refractivity (Wildman–Crippen MR) is 54.6 cm³/mol. The lowest BCUT2D eigenvalue weighted by atomic mass is 10.2. The molecule has 0 saturated heterocycles. The molecule has 0 fully saturated rings. The highest BCUT2D eigenvalue weighted by Crippen LogP contribution is 2.23. The molecule has 0 bridgehead atoms. The van der Waals surface area contributed by atoms with Gasteiger partial charge in [0.15, 0.2) is 0 Å². The summed E-state index contributed by atoms with van der Waals surface area (Å²) >= 11 is 9.02. The molecule has 13 heavy (non-hydrogen) atoms. The Balaban J connectivity index is 2.46. The van der Waals surface area contributed by atoms with Crippen molar-refractivity contribution in [2.75, 3.05) is 0 Å². The van der Waals surface area contributed by atoms with Crippen molar-refractivity contribution in [2.24, 2.45) is 0 Å². The average molecular weight is 259 g/mol. The molecule has 0 aliphatic heterocycles. The van der Waals surface area contributed by atoms with Crippen LogP contribution in [0.5, 0.6) is 0 Å². The van der Waals surface area contributed by atoms with Crippen molar-refractivity contribution in [1.82, 2.24) is 5.16 Å². The normalized spacial score (nSPS) is 10.3. The van der Waals surface area contributed by atoms with Crippen LogP contribution in [0.15, 0.2) is 39.5 Å². The first-order chi connectivity index (χ1) is 6.25. The number of hydrogen-bond donors (Lipinski definition) is 0. The van der Waals surface area contributed by atoms with Gasteiger partial charge in [-0.3, -0.25) is 0 Å². The Morgan fingerprint density at radius 2 is 2.15 bits per heavy atom. The first-order valence-corrected chi connectivity index (χ1v) is 4.81. The van der Waals surface area contributed by atoms with Crippen molar-refractivity contribution in [1.29, 1.82) is 0 Å². The molecular formula is C9H5BrClNO. The SMILES string of the molecule is Clc1cccc(-c2cc(Br)on2)c1. The van der Waals surface area contributed by atoms with Crippen molar-refractivity contribution in [3.63, 3.8) is 0 Å². The number of halogens is 2. The molecule has 0 N–H and O–H groups in total. The summed E-state index contributed by atoms with van der Waals surface area (Å²) in [5.41, 5.74) is 1.72. The van der Waals surface area contributed by atoms with Crippen LogP contribution in [0, 0.1) is 0 Å². The fourth-order valence-electron chi connectivity index (χ4n) is 1.04. The molecule has 2 rings (SSSR count). The van der Waals surface area contributed by atoms with E-state index >= 15 is 0 Å². The van der Waals surface area contributed by atoms with Crippen LogP contribution >= 0.6 is 27.5 Å². The Labute approximate surface area is 88.6 Å². The van der Waals surface area contributed by atoms with Crippen LogP contribution in [0.3, 0.4) is 0 Å². The summed E-state index contributed by atoms with van der Waals surface area (Å²) in [5.74, 6) is 0. The molecule has 4 heteroatoms. The maximum absolute atomic E-state index is 5.83. The van der Waals surface area contributed by atoms with E-state index in [9.17, 15) is 0 Å². The summed E-state index contributed by atoms with van der Waals surface area (Å²) in [4.78, 5) is 0. The van der Waals surface area contributed by atoms with E-state index in [1.807, 2.05) is 24.3 Å². The molecular weight excluding hydrogens is 253 g/mol. The minimum Gasteiger partial charge on any atom is -0.349 e. The molecule has 0 atom stereocenters. The summed E-state index contributed by atoms with van der Waals surface area (Å²) in [6.45, 7) is 0. The van der Waals surface area contributed by atoms with Crippen LogP contribution in [0.25, 0.3) is 11.3 Å². The minimum absolute atomic E-state index is 0.613. The third-order valence-corrected chi connectivity index (χ3v) is 2.21. The Bertz CT molecular complexity index is 427. The molecule has 0 radical (unpaired) electrons. The van der Waals surface area contributed by atoms with Gasteiger partial charge in [0.1, 0.15) is 5.69 Å². The van der Waals surface area contributed by atoms with Crippen molar-refractivity contribution in [3.8, 4) is 11.3 Å². The third-order valence-electron chi connectivity index (χ3n) is 1.60. The molecule has 66 valence electrons. The second-order valence-electron chi connectivity index (χ2n) is 2.53. The van der Waals surface area contributed by atoms with Gasteiger partial charge in [0.2, 0.25) is 4.67 Å². The maximum Gasteiger partial charge on any atom is 0.202 e. The van der Waals surface area contributed by atoms with Crippen molar-refractivity contribution in [3.05, 3.63) is 40.0 Å². The molecule has 1 aromatic heterocycles. The van der Waals surface area contributed by atoms with Crippen LogP contribution in [-0.4, -0.2) is 5.16 Å². The lowest BCUT2D eigenvalue weighted by Crippen LogP contribution is -1.75. The number of nitrogens with zero attached hydrogens (tertiary/aromatic N) is 1. The molecule has 1 aromatic carbocycles. The van der Waals surface area contributed by atoms with Crippen LogP contribution in [0.2, 0.25) is 5.02 Å². The van der Waals surface area contributed by atoms with Gasteiger partial charge in [0, 0.05) is 16.7 Å². The highest BCUT2D eigenvalue weighted by Gasteiger charge is 2.03. The molecule has 0 spiro atoms. The van der Waals surface area contributed by atoms with Gasteiger partial charge in [-0.1, -0.05) is 28.9 Å². The highest BCUT2D eigenvalue weighted by atomic mass is 79.9. The molecule has 0 saturated carbocycles.